The van der Waals surface area contributed by atoms with Crippen LogP contribution in [0.2, 0.25) is 5.02 Å². The molecule has 0 bridgehead atoms. The van der Waals surface area contributed by atoms with E-state index in [-0.39, 0.29) is 34.1 Å². The monoisotopic (exact) mass is 427 g/mol. The van der Waals surface area contributed by atoms with E-state index in [1.165, 1.54) is 17.2 Å². The van der Waals surface area contributed by atoms with Crippen molar-refractivity contribution in [2.24, 2.45) is 0 Å². The maximum absolute atomic E-state index is 14.1. The van der Waals surface area contributed by atoms with Crippen molar-refractivity contribution in [3.63, 3.8) is 0 Å². The van der Waals surface area contributed by atoms with Crippen molar-refractivity contribution in [3.05, 3.63) is 47.0 Å². The summed E-state index contributed by atoms with van der Waals surface area (Å²) in [6, 6.07) is 2.19. The lowest BCUT2D eigenvalue weighted by atomic mass is 10.1. The van der Waals surface area contributed by atoms with E-state index in [1.54, 1.807) is 0 Å². The molecule has 154 valence electrons. The van der Waals surface area contributed by atoms with Crippen LogP contribution in [0.5, 0.6) is 0 Å². The van der Waals surface area contributed by atoms with Crippen molar-refractivity contribution in [1.29, 1.82) is 0 Å². The molecule has 4 rings (SSSR count). The fourth-order valence-corrected chi connectivity index (χ4v) is 3.36. The minimum atomic E-state index is -1.31. The summed E-state index contributed by atoms with van der Waals surface area (Å²) in [4.78, 5) is 12.3. The van der Waals surface area contributed by atoms with Gasteiger partial charge in [-0.3, -0.25) is 4.57 Å². The van der Waals surface area contributed by atoms with Crippen LogP contribution in [-0.2, 0) is 11.3 Å². The Balaban J connectivity index is 1.63. The predicted molar refractivity (Wildman–Crippen MR) is 97.0 cm³/mol. The zero-order chi connectivity index (χ0) is 20.7. The lowest BCUT2D eigenvalue weighted by Gasteiger charge is -2.16. The van der Waals surface area contributed by atoms with Gasteiger partial charge in [-0.1, -0.05) is 11.6 Å². The topological polar surface area (TPSA) is 126 Å². The highest BCUT2D eigenvalue weighted by atomic mass is 35.5. The molecule has 0 saturated carbocycles. The second-order valence-corrected chi connectivity index (χ2v) is 6.86. The first-order valence-electron chi connectivity index (χ1n) is 8.58. The summed E-state index contributed by atoms with van der Waals surface area (Å²) in [5.41, 5.74) is 0.254. The average Bonchev–Trinajstić information content (AvgIpc) is 3.26. The van der Waals surface area contributed by atoms with Gasteiger partial charge in [-0.2, -0.15) is 0 Å². The van der Waals surface area contributed by atoms with Crippen LogP contribution in [0.3, 0.4) is 0 Å². The zero-order valence-electron chi connectivity index (χ0n) is 14.7. The molecule has 0 unspecified atom stereocenters. The Kier molecular flexibility index (Phi) is 5.32. The van der Waals surface area contributed by atoms with Crippen LogP contribution in [0.25, 0.3) is 11.2 Å². The third-order valence-corrected chi connectivity index (χ3v) is 5.01. The van der Waals surface area contributed by atoms with Crippen LogP contribution in [0.4, 0.5) is 14.6 Å². The largest absolute Gasteiger partial charge is 0.394 e. The summed E-state index contributed by atoms with van der Waals surface area (Å²) in [7, 11) is 0. The molecule has 1 fully saturated rings. The van der Waals surface area contributed by atoms with Crippen LogP contribution in [-0.4, -0.2) is 59.8 Å². The van der Waals surface area contributed by atoms with Crippen LogP contribution >= 0.6 is 11.6 Å². The summed E-state index contributed by atoms with van der Waals surface area (Å²) < 4.78 is 34.9. The molecule has 0 radical (unpaired) electrons. The Labute approximate surface area is 167 Å². The number of rotatable bonds is 5. The molecule has 3 heterocycles. The molecule has 29 heavy (non-hydrogen) atoms. The lowest BCUT2D eigenvalue weighted by molar-refractivity contribution is -0.0511. The maximum Gasteiger partial charge on any atom is 0.167 e. The molecule has 1 aliphatic rings. The molecule has 0 aliphatic carbocycles. The number of aromatic nitrogens is 4. The molecule has 4 atom stereocenters. The number of imidazole rings is 1. The molecular formula is C17H16ClF2N5O4. The summed E-state index contributed by atoms with van der Waals surface area (Å²) in [6.07, 6.45) is -2.06. The highest BCUT2D eigenvalue weighted by Crippen LogP contribution is 2.32. The normalized spacial score (nSPS) is 24.3. The molecular weight excluding hydrogens is 412 g/mol. The number of halogens is 3. The van der Waals surface area contributed by atoms with E-state index in [0.717, 1.165) is 12.1 Å². The van der Waals surface area contributed by atoms with E-state index in [4.69, 9.17) is 16.3 Å². The number of anilines is 1. The molecule has 0 amide bonds. The summed E-state index contributed by atoms with van der Waals surface area (Å²) in [5, 5.41) is 32.0. The molecule has 1 aromatic carbocycles. The number of aliphatic hydroxyl groups is 3. The van der Waals surface area contributed by atoms with Crippen LogP contribution in [0.1, 0.15) is 11.8 Å². The van der Waals surface area contributed by atoms with Crippen molar-refractivity contribution in [1.82, 2.24) is 19.5 Å². The van der Waals surface area contributed by atoms with E-state index in [0.29, 0.717) is 0 Å². The average molecular weight is 428 g/mol. The Morgan fingerprint density at radius 1 is 1.17 bits per heavy atom. The smallest absolute Gasteiger partial charge is 0.167 e. The van der Waals surface area contributed by atoms with E-state index >= 15 is 0 Å². The van der Waals surface area contributed by atoms with E-state index in [1.807, 2.05) is 0 Å². The molecule has 12 heteroatoms. The fraction of sp³-hybridized carbons (Fsp3) is 0.353. The quantitative estimate of drug-likeness (QED) is 0.444. The van der Waals surface area contributed by atoms with Gasteiger partial charge in [-0.05, 0) is 12.1 Å². The van der Waals surface area contributed by atoms with Crippen molar-refractivity contribution < 1.29 is 28.8 Å². The van der Waals surface area contributed by atoms with Crippen LogP contribution in [0.15, 0.2) is 24.8 Å². The van der Waals surface area contributed by atoms with E-state index in [9.17, 15) is 24.1 Å². The number of hydrogen-bond donors (Lipinski definition) is 4. The Morgan fingerprint density at radius 3 is 2.69 bits per heavy atom. The summed E-state index contributed by atoms with van der Waals surface area (Å²) in [6.45, 7) is -0.717. The van der Waals surface area contributed by atoms with Gasteiger partial charge < -0.3 is 25.4 Å². The predicted octanol–water partition coefficient (Wildman–Crippen LogP) is 0.981. The Morgan fingerprint density at radius 2 is 1.97 bits per heavy atom. The SMILES string of the molecule is OC[C@H]1O[C@@H](n2cnc3c(NCc4c(F)ccc(Cl)c4F)ncnc32)[C@H](O)[C@@H]1O. The van der Waals surface area contributed by atoms with Gasteiger partial charge in [0.15, 0.2) is 23.2 Å². The van der Waals surface area contributed by atoms with Crippen molar-refractivity contribution in [2.75, 3.05) is 11.9 Å². The van der Waals surface area contributed by atoms with Gasteiger partial charge in [-0.15, -0.1) is 0 Å². The third kappa shape index (κ3) is 3.40. The van der Waals surface area contributed by atoms with Gasteiger partial charge in [0, 0.05) is 12.1 Å². The van der Waals surface area contributed by atoms with Crippen molar-refractivity contribution in [2.45, 2.75) is 31.1 Å². The highest BCUT2D eigenvalue weighted by molar-refractivity contribution is 6.30. The number of aliphatic hydroxyl groups excluding tert-OH is 3. The number of fused-ring (bicyclic) bond motifs is 1. The van der Waals surface area contributed by atoms with E-state index < -0.39 is 42.8 Å². The minimum Gasteiger partial charge on any atom is -0.394 e. The van der Waals surface area contributed by atoms with E-state index in [2.05, 4.69) is 20.3 Å². The van der Waals surface area contributed by atoms with Crippen molar-refractivity contribution in [3.8, 4) is 0 Å². The highest BCUT2D eigenvalue weighted by Gasteiger charge is 2.44. The molecule has 9 nitrogen and oxygen atoms in total. The second-order valence-electron chi connectivity index (χ2n) is 6.45. The Hall–Kier alpha value is -2.44. The minimum absolute atomic E-state index is 0.194. The standard InChI is InChI=1S/C17H16ClF2N5O4/c18-8-1-2-9(19)7(11(8)20)3-21-15-12-16(23-5-22-15)25(6-24-12)17-14(28)13(27)10(4-26)29-17/h1-2,5-6,10,13-14,17,26-28H,3-4H2,(H,21,22,23)/t10-,13-,14-,17-/m1/s1. The van der Waals surface area contributed by atoms with Gasteiger partial charge in [0.2, 0.25) is 0 Å². The van der Waals surface area contributed by atoms with Crippen molar-refractivity contribution >= 4 is 28.6 Å². The molecule has 1 saturated heterocycles. The third-order valence-electron chi connectivity index (χ3n) is 4.72. The van der Waals surface area contributed by atoms with Crippen LogP contribution in [0, 0.1) is 11.6 Å². The maximum atomic E-state index is 14.1. The molecule has 4 N–H and O–H groups in total. The Bertz CT molecular complexity index is 1050. The first-order valence-corrected chi connectivity index (χ1v) is 8.96. The molecule has 0 spiro atoms. The first kappa shape index (κ1) is 19.9. The zero-order valence-corrected chi connectivity index (χ0v) is 15.5. The summed E-state index contributed by atoms with van der Waals surface area (Å²) in [5.74, 6) is -1.44. The number of hydrogen-bond acceptors (Lipinski definition) is 8. The second kappa shape index (κ2) is 7.76. The number of ether oxygens (including phenoxy) is 1. The molecule has 3 aromatic rings. The first-order chi connectivity index (χ1) is 13.9. The fourth-order valence-electron chi connectivity index (χ4n) is 3.18. The summed E-state index contributed by atoms with van der Waals surface area (Å²) >= 11 is 5.70. The van der Waals surface area contributed by atoms with Gasteiger partial charge >= 0.3 is 0 Å². The molecule has 2 aromatic heterocycles. The van der Waals surface area contributed by atoms with Gasteiger partial charge in [0.1, 0.15) is 36.3 Å². The number of nitrogens with zero attached hydrogens (tertiary/aromatic N) is 4. The number of benzene rings is 1. The van der Waals surface area contributed by atoms with Gasteiger partial charge in [0.25, 0.3) is 0 Å². The van der Waals surface area contributed by atoms with Crippen LogP contribution < -0.4 is 5.32 Å². The molecule has 1 aliphatic heterocycles. The van der Waals surface area contributed by atoms with Gasteiger partial charge in [-0.25, -0.2) is 23.7 Å². The lowest BCUT2D eigenvalue weighted by Crippen LogP contribution is -2.33. The number of nitrogens with one attached hydrogen (secondary N) is 1. The van der Waals surface area contributed by atoms with Gasteiger partial charge in [0.05, 0.1) is 18.0 Å².